The van der Waals surface area contributed by atoms with E-state index in [9.17, 15) is 9.59 Å². The minimum Gasteiger partial charge on any atom is -0.453 e. The third-order valence-corrected chi connectivity index (χ3v) is 6.29. The lowest BCUT2D eigenvalue weighted by Crippen LogP contribution is -2.46. The average Bonchev–Trinajstić information content (AvgIpc) is 3.14. The van der Waals surface area contributed by atoms with E-state index in [0.717, 1.165) is 24.4 Å². The number of aromatic nitrogens is 2. The van der Waals surface area contributed by atoms with Crippen molar-refractivity contribution in [3.05, 3.63) is 40.8 Å². The maximum atomic E-state index is 15.1. The van der Waals surface area contributed by atoms with Crippen molar-refractivity contribution in [2.24, 2.45) is 5.92 Å². The summed E-state index contributed by atoms with van der Waals surface area (Å²) in [6.45, 7) is 3.88. The van der Waals surface area contributed by atoms with Crippen LogP contribution in [-0.2, 0) is 28.9 Å². The van der Waals surface area contributed by atoms with Gasteiger partial charge in [0.05, 0.1) is 37.6 Å². The summed E-state index contributed by atoms with van der Waals surface area (Å²) in [6.07, 6.45) is 1.16. The molecular weight excluding hydrogens is 434 g/mol. The molecule has 3 heterocycles. The number of imidazole rings is 1. The topological polar surface area (TPSA) is 85.7 Å². The number of rotatable bonds is 4. The molecule has 0 radical (unpaired) electrons. The summed E-state index contributed by atoms with van der Waals surface area (Å²) in [4.78, 5) is 30.1. The summed E-state index contributed by atoms with van der Waals surface area (Å²) >= 11 is 0. The molecule has 0 aliphatic carbocycles. The Morgan fingerprint density at radius 3 is 2.67 bits per heavy atom. The summed E-state index contributed by atoms with van der Waals surface area (Å²) in [7, 11) is 2.73. The Labute approximate surface area is 190 Å². The number of ether oxygens (including phenoxy) is 2. The fourth-order valence-electron chi connectivity index (χ4n) is 4.56. The average molecular weight is 462 g/mol. The maximum Gasteiger partial charge on any atom is 0.409 e. The normalized spacial score (nSPS) is 20.3. The Morgan fingerprint density at radius 2 is 2.00 bits per heavy atom. The molecule has 2 aliphatic rings. The van der Waals surface area contributed by atoms with Crippen LogP contribution in [0.2, 0.25) is 0 Å². The Balaban J connectivity index is 1.74. The van der Waals surface area contributed by atoms with E-state index in [1.165, 1.54) is 14.2 Å². The van der Waals surface area contributed by atoms with Crippen molar-refractivity contribution in [1.82, 2.24) is 19.8 Å². The molecule has 0 bridgehead atoms. The van der Waals surface area contributed by atoms with Crippen LogP contribution in [0.25, 0.3) is 11.3 Å². The highest BCUT2D eigenvalue weighted by Gasteiger charge is 2.31. The summed E-state index contributed by atoms with van der Waals surface area (Å²) in [5.74, 6) is -1.09. The molecule has 2 aromatic rings. The van der Waals surface area contributed by atoms with Crippen molar-refractivity contribution >= 4 is 12.0 Å². The van der Waals surface area contributed by atoms with Crippen molar-refractivity contribution in [3.63, 3.8) is 0 Å². The van der Waals surface area contributed by atoms with E-state index in [2.05, 4.69) is 17.2 Å². The van der Waals surface area contributed by atoms with Gasteiger partial charge in [0, 0.05) is 44.2 Å². The van der Waals surface area contributed by atoms with Gasteiger partial charge in [-0.05, 0) is 24.5 Å². The van der Waals surface area contributed by atoms with Crippen molar-refractivity contribution < 1.29 is 27.8 Å². The first-order chi connectivity index (χ1) is 15.8. The van der Waals surface area contributed by atoms with E-state index in [1.807, 2.05) is 4.57 Å². The fourth-order valence-corrected chi connectivity index (χ4v) is 4.56. The third kappa shape index (κ3) is 4.57. The lowest BCUT2D eigenvalue weighted by atomic mass is 9.99. The predicted octanol–water partition coefficient (Wildman–Crippen LogP) is 2.78. The van der Waals surface area contributed by atoms with Gasteiger partial charge in [-0.1, -0.05) is 6.92 Å². The van der Waals surface area contributed by atoms with Crippen LogP contribution in [-0.4, -0.2) is 66.4 Å². The Kier molecular flexibility index (Phi) is 6.64. The summed E-state index contributed by atoms with van der Waals surface area (Å²) < 4.78 is 43.0. The minimum absolute atomic E-state index is 0.0975. The SMILES string of the molecule is CNC(=O)c1cc(F)c(-c2nc3n(c2CC2CN(C(=O)OC)CCO2)CCC(C)C3)c(F)c1. The number of halogens is 2. The smallest absolute Gasteiger partial charge is 0.409 e. The zero-order chi connectivity index (χ0) is 23.7. The molecule has 0 spiro atoms. The quantitative estimate of drug-likeness (QED) is 0.755. The molecule has 1 aromatic heterocycles. The van der Waals surface area contributed by atoms with Crippen molar-refractivity contribution in [2.75, 3.05) is 33.9 Å². The van der Waals surface area contributed by atoms with Gasteiger partial charge in [0.25, 0.3) is 5.91 Å². The van der Waals surface area contributed by atoms with Gasteiger partial charge in [0.15, 0.2) is 0 Å². The number of carbonyl (C=O) groups is 2. The number of hydrogen-bond acceptors (Lipinski definition) is 5. The van der Waals surface area contributed by atoms with E-state index in [4.69, 9.17) is 9.47 Å². The molecule has 2 atom stereocenters. The van der Waals surface area contributed by atoms with Crippen LogP contribution in [0.4, 0.5) is 13.6 Å². The summed E-state index contributed by atoms with van der Waals surface area (Å²) in [5.41, 5.74) is 0.531. The first-order valence-electron chi connectivity index (χ1n) is 11.1. The van der Waals surface area contributed by atoms with Crippen LogP contribution in [0.15, 0.2) is 12.1 Å². The minimum atomic E-state index is -0.848. The molecule has 1 N–H and O–H groups in total. The molecule has 0 saturated carbocycles. The summed E-state index contributed by atoms with van der Waals surface area (Å²) in [6, 6.07) is 2.05. The van der Waals surface area contributed by atoms with Crippen LogP contribution < -0.4 is 5.32 Å². The number of fused-ring (bicyclic) bond motifs is 1. The number of amides is 2. The maximum absolute atomic E-state index is 15.1. The van der Waals surface area contributed by atoms with Gasteiger partial charge >= 0.3 is 6.09 Å². The molecule has 10 heteroatoms. The highest BCUT2D eigenvalue weighted by Crippen LogP contribution is 2.34. The number of methoxy groups -OCH3 is 1. The second-order valence-corrected chi connectivity index (χ2v) is 8.58. The fraction of sp³-hybridized carbons (Fsp3) is 0.522. The first kappa shape index (κ1) is 23.2. The third-order valence-electron chi connectivity index (χ3n) is 6.29. The number of nitrogens with one attached hydrogen (secondary N) is 1. The van der Waals surface area contributed by atoms with Crippen molar-refractivity contribution in [3.8, 4) is 11.3 Å². The van der Waals surface area contributed by atoms with Gasteiger partial charge in [-0.15, -0.1) is 0 Å². The monoisotopic (exact) mass is 462 g/mol. The molecule has 2 aliphatic heterocycles. The van der Waals surface area contributed by atoms with E-state index in [-0.39, 0.29) is 22.9 Å². The highest BCUT2D eigenvalue weighted by atomic mass is 19.1. The zero-order valence-electron chi connectivity index (χ0n) is 19.0. The number of nitrogens with zero attached hydrogens (tertiary/aromatic N) is 3. The Bertz CT molecular complexity index is 1050. The second-order valence-electron chi connectivity index (χ2n) is 8.58. The Hall–Kier alpha value is -3.01. The van der Waals surface area contributed by atoms with E-state index in [0.29, 0.717) is 50.7 Å². The highest BCUT2D eigenvalue weighted by molar-refractivity contribution is 5.94. The lowest BCUT2D eigenvalue weighted by Gasteiger charge is -2.32. The molecule has 8 nitrogen and oxygen atoms in total. The molecule has 2 unspecified atom stereocenters. The number of hydrogen-bond donors (Lipinski definition) is 1. The van der Waals surface area contributed by atoms with Crippen LogP contribution in [0.3, 0.4) is 0 Å². The molecule has 1 saturated heterocycles. The van der Waals surface area contributed by atoms with Gasteiger partial charge in [-0.2, -0.15) is 0 Å². The van der Waals surface area contributed by atoms with Crippen LogP contribution in [0.1, 0.15) is 35.2 Å². The van der Waals surface area contributed by atoms with Gasteiger partial charge in [0.2, 0.25) is 0 Å². The van der Waals surface area contributed by atoms with Gasteiger partial charge in [-0.25, -0.2) is 18.6 Å². The van der Waals surface area contributed by atoms with Crippen molar-refractivity contribution in [1.29, 1.82) is 0 Å². The molecule has 1 fully saturated rings. The van der Waals surface area contributed by atoms with E-state index >= 15 is 8.78 Å². The van der Waals surface area contributed by atoms with Crippen molar-refractivity contribution in [2.45, 2.75) is 38.8 Å². The van der Waals surface area contributed by atoms with Crippen LogP contribution >= 0.6 is 0 Å². The second kappa shape index (κ2) is 9.46. The van der Waals surface area contributed by atoms with E-state index < -0.39 is 23.6 Å². The first-order valence-corrected chi connectivity index (χ1v) is 11.1. The van der Waals surface area contributed by atoms with Gasteiger partial charge < -0.3 is 24.3 Å². The molecule has 1 aromatic carbocycles. The molecule has 2 amide bonds. The molecule has 4 rings (SSSR count). The van der Waals surface area contributed by atoms with Gasteiger partial charge in [0.1, 0.15) is 17.5 Å². The molecular formula is C23H28F2N4O4. The number of carbonyl (C=O) groups excluding carboxylic acids is 2. The van der Waals surface area contributed by atoms with Crippen LogP contribution in [0, 0.1) is 17.6 Å². The standard InChI is InChI=1S/C23H28F2N4O4/c1-13-4-5-29-18(11-15-12-28(6-7-33-15)23(31)32-3)21(27-19(29)8-13)20-16(24)9-14(10-17(20)25)22(30)26-2/h9-10,13,15H,4-8,11-12H2,1-3H3,(H,26,30). The largest absolute Gasteiger partial charge is 0.453 e. The zero-order valence-corrected chi connectivity index (χ0v) is 19.0. The number of morpholine rings is 1. The summed E-state index contributed by atoms with van der Waals surface area (Å²) in [5, 5.41) is 2.37. The number of benzene rings is 1. The lowest BCUT2D eigenvalue weighted by molar-refractivity contribution is -0.0244. The molecule has 178 valence electrons. The van der Waals surface area contributed by atoms with E-state index in [1.54, 1.807) is 4.90 Å². The predicted molar refractivity (Wildman–Crippen MR) is 116 cm³/mol. The van der Waals surface area contributed by atoms with Crippen LogP contribution in [0.5, 0.6) is 0 Å². The van der Waals surface area contributed by atoms with Gasteiger partial charge in [-0.3, -0.25) is 4.79 Å². The molecule has 33 heavy (non-hydrogen) atoms. The Morgan fingerprint density at radius 1 is 1.27 bits per heavy atom.